The Kier molecular flexibility index (Phi) is 5.38. The van der Waals surface area contributed by atoms with E-state index in [1.807, 2.05) is 0 Å². The Morgan fingerprint density at radius 1 is 1.35 bits per heavy atom. The minimum absolute atomic E-state index is 0.00949. The van der Waals surface area contributed by atoms with Gasteiger partial charge in [0.1, 0.15) is 0 Å². The van der Waals surface area contributed by atoms with Crippen molar-refractivity contribution in [1.82, 2.24) is 14.7 Å². The van der Waals surface area contributed by atoms with Crippen LogP contribution in [0.5, 0.6) is 0 Å². The van der Waals surface area contributed by atoms with Crippen LogP contribution in [0, 0.1) is 0 Å². The molecule has 2 aromatic rings. The molecule has 0 aliphatic heterocycles. The number of aromatic nitrogens is 2. The molecule has 0 saturated carbocycles. The highest BCUT2D eigenvalue weighted by atomic mass is 19.3. The fraction of sp³-hybridized carbons (Fsp3) is 0.400. The molecule has 1 aromatic carbocycles. The number of likely N-dealkylation sites (N-methyl/N-ethyl adjacent to an activating group) is 1. The number of carbonyl (C=O) groups excluding carboxylic acids is 1. The Morgan fingerprint density at radius 3 is 2.61 bits per heavy atom. The van der Waals surface area contributed by atoms with Gasteiger partial charge in [0, 0.05) is 25.5 Å². The van der Waals surface area contributed by atoms with Crippen LogP contribution in [0.1, 0.15) is 17.4 Å². The smallest absolute Gasteiger partial charge is 0.338 e. The van der Waals surface area contributed by atoms with Gasteiger partial charge < -0.3 is 9.64 Å². The molecule has 0 atom stereocenters. The largest absolute Gasteiger partial charge is 0.345 e. The molecule has 2 rings (SSSR count). The van der Waals surface area contributed by atoms with Crippen molar-refractivity contribution >= 4 is 16.7 Å². The lowest BCUT2D eigenvalue weighted by Crippen LogP contribution is -2.34. The average molecular weight is 325 g/mol. The van der Waals surface area contributed by atoms with E-state index in [1.54, 1.807) is 31.2 Å². The first-order chi connectivity index (χ1) is 11.0. The third kappa shape index (κ3) is 3.70. The van der Waals surface area contributed by atoms with Gasteiger partial charge in [0.2, 0.25) is 0 Å². The van der Waals surface area contributed by atoms with Crippen LogP contribution in [0.4, 0.5) is 8.78 Å². The monoisotopic (exact) mass is 325 g/mol. The first-order valence-corrected chi connectivity index (χ1v) is 7.10. The van der Waals surface area contributed by atoms with E-state index in [9.17, 15) is 18.4 Å². The Balaban J connectivity index is 2.36. The molecule has 6 nitrogen and oxygen atoms in total. The van der Waals surface area contributed by atoms with Gasteiger partial charge in [-0.2, -0.15) is 13.9 Å². The maximum Gasteiger partial charge on any atom is 0.345 e. The van der Waals surface area contributed by atoms with E-state index in [1.165, 1.54) is 16.6 Å². The maximum atomic E-state index is 12.5. The molecule has 0 fully saturated rings. The number of halogens is 2. The predicted octanol–water partition coefficient (Wildman–Crippen LogP) is 1.73. The van der Waals surface area contributed by atoms with Crippen LogP contribution in [-0.4, -0.2) is 47.4 Å². The van der Waals surface area contributed by atoms with Crippen molar-refractivity contribution < 1.29 is 18.3 Å². The van der Waals surface area contributed by atoms with Crippen LogP contribution in [-0.2, 0) is 11.3 Å². The number of rotatable bonds is 6. The molecule has 0 bridgehead atoms. The zero-order valence-corrected chi connectivity index (χ0v) is 12.8. The lowest BCUT2D eigenvalue weighted by atomic mass is 10.1. The van der Waals surface area contributed by atoms with Crippen LogP contribution < -0.4 is 5.56 Å². The molecule has 0 N–H and O–H groups in total. The summed E-state index contributed by atoms with van der Waals surface area (Å²) in [6.07, 6.45) is 0. The summed E-state index contributed by atoms with van der Waals surface area (Å²) in [5.74, 6) is -0.457. The van der Waals surface area contributed by atoms with Gasteiger partial charge in [0.25, 0.3) is 11.5 Å². The van der Waals surface area contributed by atoms with E-state index in [2.05, 4.69) is 9.84 Å². The van der Waals surface area contributed by atoms with Crippen LogP contribution in [0.15, 0.2) is 29.1 Å². The molecule has 0 unspecified atom stereocenters. The van der Waals surface area contributed by atoms with Gasteiger partial charge in [-0.05, 0) is 13.0 Å². The predicted molar refractivity (Wildman–Crippen MR) is 80.6 cm³/mol. The summed E-state index contributed by atoms with van der Waals surface area (Å²) in [7, 11) is 1.47. The minimum Gasteiger partial charge on any atom is -0.338 e. The van der Waals surface area contributed by atoms with Gasteiger partial charge in [-0.15, -0.1) is 0 Å². The molecule has 0 spiro atoms. The number of aryl methyl sites for hydroxylation is 1. The highest BCUT2D eigenvalue weighted by Gasteiger charge is 2.19. The average Bonchev–Trinajstić information content (AvgIpc) is 2.54. The number of nitrogens with zero attached hydrogens (tertiary/aromatic N) is 3. The molecule has 1 amide bonds. The van der Waals surface area contributed by atoms with Gasteiger partial charge >= 0.3 is 6.61 Å². The number of ether oxygens (including phenoxy) is 1. The summed E-state index contributed by atoms with van der Waals surface area (Å²) < 4.78 is 29.3. The summed E-state index contributed by atoms with van der Waals surface area (Å²) >= 11 is 0. The number of alkyl halides is 2. The van der Waals surface area contributed by atoms with E-state index < -0.39 is 12.5 Å². The van der Waals surface area contributed by atoms with Crippen molar-refractivity contribution in [2.45, 2.75) is 20.1 Å². The van der Waals surface area contributed by atoms with E-state index >= 15 is 0 Å². The van der Waals surface area contributed by atoms with Crippen LogP contribution in [0.25, 0.3) is 10.8 Å². The van der Waals surface area contributed by atoms with Crippen molar-refractivity contribution in [3.05, 3.63) is 40.3 Å². The number of hydrogen-bond donors (Lipinski definition) is 0. The summed E-state index contributed by atoms with van der Waals surface area (Å²) in [5.41, 5.74) is -0.162. The Hall–Kier alpha value is -2.35. The van der Waals surface area contributed by atoms with E-state index in [0.717, 1.165) is 0 Å². The second-order valence-corrected chi connectivity index (χ2v) is 4.87. The van der Waals surface area contributed by atoms with Crippen molar-refractivity contribution in [1.29, 1.82) is 0 Å². The van der Waals surface area contributed by atoms with Gasteiger partial charge in [0.15, 0.2) is 5.69 Å². The number of carbonyl (C=O) groups is 1. The van der Waals surface area contributed by atoms with E-state index in [-0.39, 0.29) is 24.4 Å². The molecule has 8 heteroatoms. The molecule has 124 valence electrons. The highest BCUT2D eigenvalue weighted by Crippen LogP contribution is 2.14. The lowest BCUT2D eigenvalue weighted by molar-refractivity contribution is -0.130. The van der Waals surface area contributed by atoms with Crippen LogP contribution in [0.3, 0.4) is 0 Å². The molecule has 1 aromatic heterocycles. The third-order valence-corrected chi connectivity index (χ3v) is 3.39. The van der Waals surface area contributed by atoms with Gasteiger partial charge in [0.05, 0.1) is 12.0 Å². The molecule has 0 saturated heterocycles. The fourth-order valence-corrected chi connectivity index (χ4v) is 2.17. The summed E-state index contributed by atoms with van der Waals surface area (Å²) in [6.45, 7) is -1.10. The number of benzene rings is 1. The topological polar surface area (TPSA) is 64.4 Å². The lowest BCUT2D eigenvalue weighted by Gasteiger charge is -2.18. The van der Waals surface area contributed by atoms with Crippen LogP contribution in [0.2, 0.25) is 0 Å². The van der Waals surface area contributed by atoms with Gasteiger partial charge in [-0.1, -0.05) is 18.2 Å². The maximum absolute atomic E-state index is 12.5. The van der Waals surface area contributed by atoms with E-state index in [4.69, 9.17) is 0 Å². The zero-order valence-electron chi connectivity index (χ0n) is 12.8. The van der Waals surface area contributed by atoms with Gasteiger partial charge in [-0.3, -0.25) is 9.59 Å². The summed E-state index contributed by atoms with van der Waals surface area (Å²) in [6, 6.07) is 6.68. The highest BCUT2D eigenvalue weighted by molar-refractivity contribution is 6.04. The summed E-state index contributed by atoms with van der Waals surface area (Å²) in [4.78, 5) is 26.0. The van der Waals surface area contributed by atoms with Gasteiger partial charge in [-0.25, -0.2) is 4.68 Å². The fourth-order valence-electron chi connectivity index (χ4n) is 2.17. The van der Waals surface area contributed by atoms with Crippen LogP contribution >= 0.6 is 0 Å². The Labute approximate surface area is 131 Å². The molecular weight excluding hydrogens is 308 g/mol. The summed E-state index contributed by atoms with van der Waals surface area (Å²) in [5, 5.41) is 4.94. The minimum atomic E-state index is -2.88. The zero-order chi connectivity index (χ0) is 17.0. The molecule has 0 radical (unpaired) electrons. The number of hydrogen-bond acceptors (Lipinski definition) is 4. The standard InChI is InChI=1S/C15H17F2N3O3/c1-3-20-13(21)11-7-5-4-6-10(11)12(18-20)14(22)19(2)8-9-23-15(16)17/h4-7,15H,3,8-9H2,1-2H3. The molecular formula is C15H17F2N3O3. The van der Waals surface area contributed by atoms with Crippen molar-refractivity contribution in [3.63, 3.8) is 0 Å². The first kappa shape index (κ1) is 17.0. The van der Waals surface area contributed by atoms with Crippen molar-refractivity contribution in [3.8, 4) is 0 Å². The quantitative estimate of drug-likeness (QED) is 0.811. The van der Waals surface area contributed by atoms with Crippen molar-refractivity contribution in [2.75, 3.05) is 20.2 Å². The first-order valence-electron chi connectivity index (χ1n) is 7.10. The molecule has 0 aliphatic carbocycles. The van der Waals surface area contributed by atoms with E-state index in [0.29, 0.717) is 17.3 Å². The number of fused-ring (bicyclic) bond motifs is 1. The second kappa shape index (κ2) is 7.28. The molecule has 0 aliphatic rings. The molecule has 1 heterocycles. The SMILES string of the molecule is CCn1nc(C(=O)N(C)CCOC(F)F)c2ccccc2c1=O. The normalized spacial score (nSPS) is 11.2. The Morgan fingerprint density at radius 2 is 2.00 bits per heavy atom. The number of amides is 1. The Bertz CT molecular complexity index is 761. The van der Waals surface area contributed by atoms with Crippen molar-refractivity contribution in [2.24, 2.45) is 0 Å². The molecule has 23 heavy (non-hydrogen) atoms. The second-order valence-electron chi connectivity index (χ2n) is 4.87. The third-order valence-electron chi connectivity index (χ3n) is 3.39.